The molecule has 0 saturated carbocycles. The van der Waals surface area contributed by atoms with Crippen LogP contribution in [0.4, 0.5) is 5.69 Å². The quantitative estimate of drug-likeness (QED) is 0.689. The number of carbonyl (C=O) groups excluding carboxylic acids is 3. The van der Waals surface area contributed by atoms with Crippen LogP contribution in [0.25, 0.3) is 0 Å². The lowest BCUT2D eigenvalue weighted by Crippen LogP contribution is -2.51. The van der Waals surface area contributed by atoms with Gasteiger partial charge in [0.2, 0.25) is 17.7 Å². The van der Waals surface area contributed by atoms with Gasteiger partial charge in [0.05, 0.1) is 0 Å². The molecule has 1 unspecified atom stereocenters. The Labute approximate surface area is 185 Å². The first-order valence-electron chi connectivity index (χ1n) is 11.6. The molecule has 3 amide bonds. The molecule has 3 aliphatic heterocycles. The molecular weight excluding hydrogens is 392 g/mol. The van der Waals surface area contributed by atoms with Crippen LogP contribution in [0.3, 0.4) is 0 Å². The second kappa shape index (κ2) is 9.81. The average molecular weight is 427 g/mol. The number of hydrogen-bond acceptors (Lipinski definition) is 4. The molecule has 1 atom stereocenters. The second-order valence-corrected chi connectivity index (χ2v) is 9.18. The molecule has 0 N–H and O–H groups in total. The van der Waals surface area contributed by atoms with Crippen molar-refractivity contribution in [1.82, 2.24) is 14.7 Å². The maximum atomic E-state index is 13.1. The van der Waals surface area contributed by atoms with E-state index in [-0.39, 0.29) is 17.7 Å². The zero-order valence-corrected chi connectivity index (χ0v) is 18.5. The number of benzene rings is 1. The van der Waals surface area contributed by atoms with Gasteiger partial charge in [-0.05, 0) is 50.8 Å². The maximum absolute atomic E-state index is 13.1. The van der Waals surface area contributed by atoms with Crippen LogP contribution in [-0.2, 0) is 14.4 Å². The van der Waals surface area contributed by atoms with Crippen molar-refractivity contribution in [3.63, 3.8) is 0 Å². The van der Waals surface area contributed by atoms with E-state index in [1.807, 2.05) is 40.1 Å². The fraction of sp³-hybridized carbons (Fsp3) is 0.625. The Kier molecular flexibility index (Phi) is 6.90. The van der Waals surface area contributed by atoms with Crippen molar-refractivity contribution in [1.29, 1.82) is 0 Å². The highest BCUT2D eigenvalue weighted by Crippen LogP contribution is 2.28. The van der Waals surface area contributed by atoms with Gasteiger partial charge in [-0.15, -0.1) is 0 Å². The minimum Gasteiger partial charge on any atom is -0.342 e. The first-order chi connectivity index (χ1) is 15.0. The molecule has 3 saturated heterocycles. The molecule has 1 aromatic rings. The molecule has 168 valence electrons. The summed E-state index contributed by atoms with van der Waals surface area (Å²) in [6, 6.07) is 9.62. The van der Waals surface area contributed by atoms with Crippen molar-refractivity contribution in [2.45, 2.75) is 32.1 Å². The molecule has 3 aliphatic rings. The Balaban J connectivity index is 1.28. The van der Waals surface area contributed by atoms with Gasteiger partial charge in [-0.3, -0.25) is 14.4 Å². The smallest absolute Gasteiger partial charge is 0.239 e. The van der Waals surface area contributed by atoms with Crippen molar-refractivity contribution >= 4 is 23.4 Å². The zero-order chi connectivity index (χ0) is 21.8. The minimum absolute atomic E-state index is 0.0329. The molecule has 0 spiro atoms. The monoisotopic (exact) mass is 426 g/mol. The highest BCUT2D eigenvalue weighted by molar-refractivity contribution is 6.08. The zero-order valence-electron chi connectivity index (χ0n) is 18.5. The number of piperazine rings is 1. The van der Waals surface area contributed by atoms with Crippen molar-refractivity contribution in [2.75, 3.05) is 57.8 Å². The summed E-state index contributed by atoms with van der Waals surface area (Å²) < 4.78 is 0. The predicted octanol–water partition coefficient (Wildman–Crippen LogP) is 1.83. The van der Waals surface area contributed by atoms with Crippen LogP contribution in [0.5, 0.6) is 0 Å². The number of carbonyl (C=O) groups is 3. The lowest BCUT2D eigenvalue weighted by Gasteiger charge is -2.38. The lowest BCUT2D eigenvalue weighted by atomic mass is 9.90. The van der Waals surface area contributed by atoms with Gasteiger partial charge in [0.25, 0.3) is 0 Å². The van der Waals surface area contributed by atoms with Crippen LogP contribution in [0.15, 0.2) is 30.3 Å². The fourth-order valence-corrected chi connectivity index (χ4v) is 4.98. The number of rotatable bonds is 4. The molecule has 0 radical (unpaired) electrons. The molecule has 1 aromatic carbocycles. The van der Waals surface area contributed by atoms with Crippen molar-refractivity contribution in [3.05, 3.63) is 30.3 Å². The topological polar surface area (TPSA) is 64.2 Å². The predicted molar refractivity (Wildman–Crippen MR) is 120 cm³/mol. The number of likely N-dealkylation sites (tertiary alicyclic amines) is 1. The first-order valence-corrected chi connectivity index (χ1v) is 11.6. The van der Waals surface area contributed by atoms with Crippen LogP contribution in [0, 0.1) is 11.8 Å². The molecular formula is C24H34N4O3. The summed E-state index contributed by atoms with van der Waals surface area (Å²) in [5.41, 5.74) is 0.867. The fourth-order valence-electron chi connectivity index (χ4n) is 4.98. The molecule has 31 heavy (non-hydrogen) atoms. The number of para-hydroxylation sites is 1. The van der Waals surface area contributed by atoms with E-state index in [0.29, 0.717) is 38.4 Å². The SMILES string of the molecule is CN1CCN(C(=O)CC2CCN(C(=O)C3CCCN(c4ccccc4)C3=O)CC2)CC1. The third-order valence-corrected chi connectivity index (χ3v) is 7.05. The van der Waals surface area contributed by atoms with E-state index in [2.05, 4.69) is 11.9 Å². The van der Waals surface area contributed by atoms with E-state index >= 15 is 0 Å². The Bertz CT molecular complexity index is 783. The number of amides is 3. The summed E-state index contributed by atoms with van der Waals surface area (Å²) in [6.45, 7) is 5.47. The van der Waals surface area contributed by atoms with E-state index in [9.17, 15) is 14.4 Å². The molecule has 4 rings (SSSR count). The number of likely N-dealkylation sites (N-methyl/N-ethyl adjacent to an activating group) is 1. The molecule has 7 nitrogen and oxygen atoms in total. The third kappa shape index (κ3) is 5.09. The summed E-state index contributed by atoms with van der Waals surface area (Å²) in [7, 11) is 2.09. The summed E-state index contributed by atoms with van der Waals surface area (Å²) in [6.07, 6.45) is 3.73. The van der Waals surface area contributed by atoms with Gasteiger partial charge in [0.15, 0.2) is 0 Å². The standard InChI is InChI=1S/C24H34N4O3/c1-25-14-16-26(17-15-25)22(29)18-19-9-12-27(13-10-19)23(30)21-8-5-11-28(24(21)31)20-6-3-2-4-7-20/h2-4,6-7,19,21H,5,8-18H2,1H3. The average Bonchev–Trinajstić information content (AvgIpc) is 2.80. The number of hydrogen-bond donors (Lipinski definition) is 0. The van der Waals surface area contributed by atoms with Crippen LogP contribution >= 0.6 is 0 Å². The molecule has 0 bridgehead atoms. The van der Waals surface area contributed by atoms with Gasteiger partial charge in [0.1, 0.15) is 5.92 Å². The van der Waals surface area contributed by atoms with Gasteiger partial charge in [-0.2, -0.15) is 0 Å². The Morgan fingerprint density at radius 2 is 1.55 bits per heavy atom. The maximum Gasteiger partial charge on any atom is 0.239 e. The summed E-state index contributed by atoms with van der Waals surface area (Å²) >= 11 is 0. The van der Waals surface area contributed by atoms with Crippen molar-refractivity contribution in [2.24, 2.45) is 11.8 Å². The molecule has 3 heterocycles. The summed E-state index contributed by atoms with van der Waals surface area (Å²) in [5.74, 6) is -0.0975. The van der Waals surface area contributed by atoms with Gasteiger partial charge in [0, 0.05) is 57.9 Å². The van der Waals surface area contributed by atoms with Gasteiger partial charge < -0.3 is 19.6 Å². The largest absolute Gasteiger partial charge is 0.342 e. The van der Waals surface area contributed by atoms with E-state index in [0.717, 1.165) is 51.1 Å². The van der Waals surface area contributed by atoms with Crippen LogP contribution in [0.1, 0.15) is 32.1 Å². The van der Waals surface area contributed by atoms with Crippen LogP contribution in [0.2, 0.25) is 0 Å². The van der Waals surface area contributed by atoms with Crippen molar-refractivity contribution < 1.29 is 14.4 Å². The summed E-state index contributed by atoms with van der Waals surface area (Å²) in [5, 5.41) is 0. The Morgan fingerprint density at radius 3 is 2.23 bits per heavy atom. The van der Waals surface area contributed by atoms with Gasteiger partial charge in [-0.25, -0.2) is 0 Å². The minimum atomic E-state index is -0.572. The first kappa shape index (κ1) is 21.8. The highest BCUT2D eigenvalue weighted by atomic mass is 16.2. The molecule has 7 heteroatoms. The number of piperidine rings is 2. The normalized spacial score (nSPS) is 23.8. The second-order valence-electron chi connectivity index (χ2n) is 9.18. The summed E-state index contributed by atoms with van der Waals surface area (Å²) in [4.78, 5) is 46.7. The van der Waals surface area contributed by atoms with Crippen molar-refractivity contribution in [3.8, 4) is 0 Å². The van der Waals surface area contributed by atoms with Crippen LogP contribution < -0.4 is 4.90 Å². The Morgan fingerprint density at radius 1 is 0.871 bits per heavy atom. The third-order valence-electron chi connectivity index (χ3n) is 7.05. The van der Waals surface area contributed by atoms with E-state index in [1.54, 1.807) is 4.90 Å². The lowest BCUT2D eigenvalue weighted by molar-refractivity contribution is -0.143. The van der Waals surface area contributed by atoms with E-state index in [1.165, 1.54) is 0 Å². The van der Waals surface area contributed by atoms with E-state index < -0.39 is 5.92 Å². The van der Waals surface area contributed by atoms with Gasteiger partial charge in [-0.1, -0.05) is 18.2 Å². The number of anilines is 1. The van der Waals surface area contributed by atoms with E-state index in [4.69, 9.17) is 0 Å². The Hall–Kier alpha value is -2.41. The van der Waals surface area contributed by atoms with Crippen LogP contribution in [-0.4, -0.2) is 85.3 Å². The van der Waals surface area contributed by atoms with Gasteiger partial charge >= 0.3 is 0 Å². The molecule has 0 aliphatic carbocycles. The molecule has 0 aromatic heterocycles. The number of nitrogens with zero attached hydrogens (tertiary/aromatic N) is 4. The highest BCUT2D eigenvalue weighted by Gasteiger charge is 2.38. The molecule has 3 fully saturated rings.